The molecule has 2 aliphatic rings. The van der Waals surface area contributed by atoms with Crippen LogP contribution in [0, 0.1) is 11.8 Å². The highest BCUT2D eigenvalue weighted by molar-refractivity contribution is 5.81. The van der Waals surface area contributed by atoms with Crippen molar-refractivity contribution in [2.45, 2.75) is 52.0 Å². The molecule has 1 aliphatic heterocycles. The van der Waals surface area contributed by atoms with Gasteiger partial charge in [0.2, 0.25) is 11.8 Å². The molecule has 21 heavy (non-hydrogen) atoms. The van der Waals surface area contributed by atoms with E-state index in [1.54, 1.807) is 0 Å². The van der Waals surface area contributed by atoms with Crippen molar-refractivity contribution in [1.29, 1.82) is 0 Å². The summed E-state index contributed by atoms with van der Waals surface area (Å²) >= 11 is 0. The van der Waals surface area contributed by atoms with E-state index in [9.17, 15) is 9.59 Å². The first-order valence-electron chi connectivity index (χ1n) is 8.19. The van der Waals surface area contributed by atoms with Gasteiger partial charge in [0.25, 0.3) is 0 Å². The van der Waals surface area contributed by atoms with Gasteiger partial charge in [-0.25, -0.2) is 0 Å². The minimum atomic E-state index is -0.375. The first kappa shape index (κ1) is 16.3. The molecule has 2 fully saturated rings. The summed E-state index contributed by atoms with van der Waals surface area (Å²) in [5, 5.41) is 0. The minimum absolute atomic E-state index is 0.0259. The number of hydrogen-bond donors (Lipinski definition) is 1. The second-order valence-electron chi connectivity index (χ2n) is 7.11. The molecule has 5 nitrogen and oxygen atoms in total. The Kier molecular flexibility index (Phi) is 4.91. The maximum Gasteiger partial charge on any atom is 0.227 e. The molecule has 0 aromatic carbocycles. The molecule has 2 atom stereocenters. The normalized spacial score (nSPS) is 30.6. The summed E-state index contributed by atoms with van der Waals surface area (Å²) < 4.78 is 0. The van der Waals surface area contributed by atoms with Crippen LogP contribution in [0.4, 0.5) is 0 Å². The van der Waals surface area contributed by atoms with Crippen molar-refractivity contribution in [3.8, 4) is 0 Å². The van der Waals surface area contributed by atoms with Crippen molar-refractivity contribution in [3.63, 3.8) is 0 Å². The standard InChI is InChI=1S/C16H29N3O2/c1-12(2)14(20)18-8-10-19(11-9-18)15(21)13-6-4-5-7-16(13,3)17/h12-13H,4-11,17H2,1-3H3. The summed E-state index contributed by atoms with van der Waals surface area (Å²) in [6.07, 6.45) is 4.04. The maximum atomic E-state index is 12.7. The van der Waals surface area contributed by atoms with Crippen LogP contribution in [0.2, 0.25) is 0 Å². The van der Waals surface area contributed by atoms with Gasteiger partial charge >= 0.3 is 0 Å². The van der Waals surface area contributed by atoms with E-state index < -0.39 is 0 Å². The summed E-state index contributed by atoms with van der Waals surface area (Å²) in [5.41, 5.74) is 5.96. The van der Waals surface area contributed by atoms with Crippen LogP contribution in [0.25, 0.3) is 0 Å². The molecule has 5 heteroatoms. The molecule has 2 N–H and O–H groups in total. The number of hydrogen-bond acceptors (Lipinski definition) is 3. The van der Waals surface area contributed by atoms with Crippen molar-refractivity contribution >= 4 is 11.8 Å². The monoisotopic (exact) mass is 295 g/mol. The number of amides is 2. The molecule has 2 rings (SSSR count). The molecular weight excluding hydrogens is 266 g/mol. The largest absolute Gasteiger partial charge is 0.339 e. The Balaban J connectivity index is 1.92. The second kappa shape index (κ2) is 6.34. The van der Waals surface area contributed by atoms with Crippen LogP contribution in [0.3, 0.4) is 0 Å². The SMILES string of the molecule is CC(C)C(=O)N1CCN(C(=O)C2CCCCC2(C)N)CC1. The third-order valence-electron chi connectivity index (χ3n) is 4.95. The molecule has 2 amide bonds. The highest BCUT2D eigenvalue weighted by Crippen LogP contribution is 2.33. The molecule has 0 radical (unpaired) electrons. The van der Waals surface area contributed by atoms with E-state index >= 15 is 0 Å². The van der Waals surface area contributed by atoms with Gasteiger partial charge in [-0.15, -0.1) is 0 Å². The Hall–Kier alpha value is -1.10. The van der Waals surface area contributed by atoms with E-state index in [0.29, 0.717) is 26.2 Å². The van der Waals surface area contributed by atoms with Crippen molar-refractivity contribution in [2.24, 2.45) is 17.6 Å². The molecule has 0 aromatic rings. The van der Waals surface area contributed by atoms with Crippen LogP contribution in [-0.2, 0) is 9.59 Å². The van der Waals surface area contributed by atoms with E-state index in [-0.39, 0.29) is 29.2 Å². The number of rotatable bonds is 2. The molecule has 2 unspecified atom stereocenters. The average molecular weight is 295 g/mol. The molecule has 1 saturated carbocycles. The van der Waals surface area contributed by atoms with Crippen molar-refractivity contribution in [3.05, 3.63) is 0 Å². The highest BCUT2D eigenvalue weighted by atomic mass is 16.2. The first-order valence-corrected chi connectivity index (χ1v) is 8.19. The van der Waals surface area contributed by atoms with Crippen LogP contribution in [0.1, 0.15) is 46.5 Å². The quantitative estimate of drug-likeness (QED) is 0.833. The van der Waals surface area contributed by atoms with Gasteiger partial charge in [-0.1, -0.05) is 26.7 Å². The smallest absolute Gasteiger partial charge is 0.227 e. The summed E-state index contributed by atoms with van der Waals surface area (Å²) in [6, 6.07) is 0. The molecule has 1 aliphatic carbocycles. The van der Waals surface area contributed by atoms with Crippen molar-refractivity contribution in [2.75, 3.05) is 26.2 Å². The Bertz CT molecular complexity index is 398. The number of nitrogens with zero attached hydrogens (tertiary/aromatic N) is 2. The maximum absolute atomic E-state index is 12.7. The predicted molar refractivity (Wildman–Crippen MR) is 82.5 cm³/mol. The zero-order valence-electron chi connectivity index (χ0n) is 13.6. The third-order valence-corrected chi connectivity index (χ3v) is 4.95. The Morgan fingerprint density at radius 3 is 2.19 bits per heavy atom. The average Bonchev–Trinajstić information content (AvgIpc) is 2.45. The van der Waals surface area contributed by atoms with Crippen LogP contribution < -0.4 is 5.73 Å². The van der Waals surface area contributed by atoms with E-state index in [2.05, 4.69) is 0 Å². The fourth-order valence-corrected chi connectivity index (χ4v) is 3.50. The van der Waals surface area contributed by atoms with Gasteiger partial charge < -0.3 is 15.5 Å². The Labute approximate surface area is 127 Å². The van der Waals surface area contributed by atoms with E-state index in [0.717, 1.165) is 25.7 Å². The molecule has 120 valence electrons. The van der Waals surface area contributed by atoms with Crippen molar-refractivity contribution in [1.82, 2.24) is 9.80 Å². The van der Waals surface area contributed by atoms with Gasteiger partial charge in [-0.2, -0.15) is 0 Å². The Morgan fingerprint density at radius 1 is 1.10 bits per heavy atom. The lowest BCUT2D eigenvalue weighted by Crippen LogP contribution is -2.58. The van der Waals surface area contributed by atoms with Gasteiger partial charge in [0.1, 0.15) is 0 Å². The van der Waals surface area contributed by atoms with Gasteiger partial charge in [0, 0.05) is 37.6 Å². The summed E-state index contributed by atoms with van der Waals surface area (Å²) in [7, 11) is 0. The fourth-order valence-electron chi connectivity index (χ4n) is 3.50. The molecule has 0 bridgehead atoms. The summed E-state index contributed by atoms with van der Waals surface area (Å²) in [4.78, 5) is 28.5. The van der Waals surface area contributed by atoms with Gasteiger partial charge in [-0.05, 0) is 19.8 Å². The minimum Gasteiger partial charge on any atom is -0.339 e. The van der Waals surface area contributed by atoms with E-state index in [1.165, 1.54) is 0 Å². The number of piperazine rings is 1. The Morgan fingerprint density at radius 2 is 1.67 bits per heavy atom. The highest BCUT2D eigenvalue weighted by Gasteiger charge is 2.40. The number of nitrogens with two attached hydrogens (primary N) is 1. The molecule has 0 aromatic heterocycles. The zero-order chi connectivity index (χ0) is 15.6. The van der Waals surface area contributed by atoms with Gasteiger partial charge in [-0.3, -0.25) is 9.59 Å². The second-order valence-corrected chi connectivity index (χ2v) is 7.11. The molecule has 1 saturated heterocycles. The molecule has 0 spiro atoms. The lowest BCUT2D eigenvalue weighted by Gasteiger charge is -2.42. The first-order chi connectivity index (χ1) is 9.83. The summed E-state index contributed by atoms with van der Waals surface area (Å²) in [5.74, 6) is 0.344. The van der Waals surface area contributed by atoms with E-state index in [1.807, 2.05) is 30.6 Å². The van der Waals surface area contributed by atoms with Gasteiger partial charge in [0.05, 0.1) is 5.92 Å². The lowest BCUT2D eigenvalue weighted by atomic mass is 9.74. The van der Waals surface area contributed by atoms with Crippen LogP contribution in [0.15, 0.2) is 0 Å². The van der Waals surface area contributed by atoms with E-state index in [4.69, 9.17) is 5.73 Å². The lowest BCUT2D eigenvalue weighted by molar-refractivity contribution is -0.145. The van der Waals surface area contributed by atoms with Crippen LogP contribution in [0.5, 0.6) is 0 Å². The molecular formula is C16H29N3O2. The third kappa shape index (κ3) is 3.57. The summed E-state index contributed by atoms with van der Waals surface area (Å²) in [6.45, 7) is 8.43. The van der Waals surface area contributed by atoms with Crippen molar-refractivity contribution < 1.29 is 9.59 Å². The topological polar surface area (TPSA) is 66.6 Å². The number of carbonyl (C=O) groups is 2. The predicted octanol–water partition coefficient (Wildman–Crippen LogP) is 1.22. The van der Waals surface area contributed by atoms with Crippen LogP contribution in [-0.4, -0.2) is 53.3 Å². The molecule has 1 heterocycles. The zero-order valence-corrected chi connectivity index (χ0v) is 13.6. The fraction of sp³-hybridized carbons (Fsp3) is 0.875. The number of carbonyl (C=O) groups excluding carboxylic acids is 2. The van der Waals surface area contributed by atoms with Crippen LogP contribution >= 0.6 is 0 Å². The van der Waals surface area contributed by atoms with Gasteiger partial charge in [0.15, 0.2) is 0 Å².